The number of nitrogens with zero attached hydrogens (tertiary/aromatic N) is 3. The quantitative estimate of drug-likeness (QED) is 0.623. The molecule has 0 unspecified atom stereocenters. The number of anilines is 2. The van der Waals surface area contributed by atoms with Crippen molar-refractivity contribution < 1.29 is 9.72 Å². The molecule has 0 saturated carbocycles. The van der Waals surface area contributed by atoms with Gasteiger partial charge in [0, 0.05) is 19.6 Å². The van der Waals surface area contributed by atoms with Crippen molar-refractivity contribution in [2.45, 2.75) is 13.3 Å². The predicted molar refractivity (Wildman–Crippen MR) is 74.9 cm³/mol. The van der Waals surface area contributed by atoms with E-state index in [4.69, 9.17) is 0 Å². The van der Waals surface area contributed by atoms with Crippen LogP contribution in [0.2, 0.25) is 0 Å². The molecule has 1 aliphatic heterocycles. The molecule has 1 aliphatic rings. The van der Waals surface area contributed by atoms with E-state index in [1.54, 1.807) is 4.90 Å². The van der Waals surface area contributed by atoms with Gasteiger partial charge >= 0.3 is 0 Å². The first-order chi connectivity index (χ1) is 9.60. The topological polar surface area (TPSA) is 100 Å². The smallest absolute Gasteiger partial charge is 0.276 e. The van der Waals surface area contributed by atoms with Crippen molar-refractivity contribution in [1.82, 2.24) is 10.3 Å². The molecule has 0 aliphatic carbocycles. The SMILES string of the molecule is CCNc1cc([N+](=O)[O-])cc(N2CCCNC(=O)C2)n1. The van der Waals surface area contributed by atoms with Crippen LogP contribution in [0, 0.1) is 10.1 Å². The Labute approximate surface area is 116 Å². The van der Waals surface area contributed by atoms with Gasteiger partial charge in [-0.15, -0.1) is 0 Å². The number of rotatable bonds is 4. The molecule has 1 amide bonds. The van der Waals surface area contributed by atoms with Gasteiger partial charge in [-0.2, -0.15) is 0 Å². The molecule has 1 aromatic rings. The summed E-state index contributed by atoms with van der Waals surface area (Å²) in [5.41, 5.74) is -0.0318. The molecular formula is C12H17N5O3. The number of hydrogen-bond acceptors (Lipinski definition) is 6. The Morgan fingerprint density at radius 1 is 1.55 bits per heavy atom. The van der Waals surface area contributed by atoms with Crippen LogP contribution in [-0.4, -0.2) is 42.0 Å². The van der Waals surface area contributed by atoms with Gasteiger partial charge in [0.15, 0.2) is 0 Å². The average molecular weight is 279 g/mol. The number of carbonyl (C=O) groups is 1. The highest BCUT2D eigenvalue weighted by molar-refractivity contribution is 5.81. The lowest BCUT2D eigenvalue weighted by Gasteiger charge is -2.20. The number of nitro groups is 1. The summed E-state index contributed by atoms with van der Waals surface area (Å²) in [5, 5.41) is 16.7. The molecule has 1 fully saturated rings. The van der Waals surface area contributed by atoms with Crippen molar-refractivity contribution in [3.63, 3.8) is 0 Å². The summed E-state index contributed by atoms with van der Waals surface area (Å²) < 4.78 is 0. The van der Waals surface area contributed by atoms with Gasteiger partial charge in [0.1, 0.15) is 11.6 Å². The zero-order valence-electron chi connectivity index (χ0n) is 11.3. The Morgan fingerprint density at radius 3 is 3.05 bits per heavy atom. The van der Waals surface area contributed by atoms with E-state index in [2.05, 4.69) is 15.6 Å². The zero-order chi connectivity index (χ0) is 14.5. The average Bonchev–Trinajstić information content (AvgIpc) is 2.63. The second kappa shape index (κ2) is 6.18. The van der Waals surface area contributed by atoms with Crippen molar-refractivity contribution in [3.8, 4) is 0 Å². The highest BCUT2D eigenvalue weighted by atomic mass is 16.6. The van der Waals surface area contributed by atoms with Crippen molar-refractivity contribution >= 4 is 23.2 Å². The van der Waals surface area contributed by atoms with Gasteiger partial charge in [-0.25, -0.2) is 4.98 Å². The van der Waals surface area contributed by atoms with E-state index in [9.17, 15) is 14.9 Å². The van der Waals surface area contributed by atoms with Crippen LogP contribution in [-0.2, 0) is 4.79 Å². The molecule has 2 heterocycles. The van der Waals surface area contributed by atoms with Crippen LogP contribution in [0.5, 0.6) is 0 Å². The normalized spacial score (nSPS) is 15.4. The molecule has 0 bridgehead atoms. The first-order valence-corrected chi connectivity index (χ1v) is 6.52. The van der Waals surface area contributed by atoms with Crippen LogP contribution in [0.3, 0.4) is 0 Å². The van der Waals surface area contributed by atoms with Crippen molar-refractivity contribution in [3.05, 3.63) is 22.2 Å². The predicted octanol–water partition coefficient (Wildman–Crippen LogP) is 0.748. The molecule has 108 valence electrons. The molecule has 20 heavy (non-hydrogen) atoms. The summed E-state index contributed by atoms with van der Waals surface area (Å²) >= 11 is 0. The third-order valence-electron chi connectivity index (χ3n) is 2.95. The molecule has 1 aromatic heterocycles. The molecule has 8 nitrogen and oxygen atoms in total. The Hall–Kier alpha value is -2.38. The largest absolute Gasteiger partial charge is 0.370 e. The number of hydrogen-bond donors (Lipinski definition) is 2. The van der Waals surface area contributed by atoms with Gasteiger partial charge < -0.3 is 15.5 Å². The van der Waals surface area contributed by atoms with Crippen LogP contribution in [0.4, 0.5) is 17.3 Å². The fourth-order valence-electron chi connectivity index (χ4n) is 2.04. The van der Waals surface area contributed by atoms with Crippen LogP contribution < -0.4 is 15.5 Å². The van der Waals surface area contributed by atoms with Crippen LogP contribution >= 0.6 is 0 Å². The fourth-order valence-corrected chi connectivity index (χ4v) is 2.04. The number of aromatic nitrogens is 1. The second-order valence-electron chi connectivity index (χ2n) is 4.48. The molecule has 0 atom stereocenters. The third-order valence-corrected chi connectivity index (χ3v) is 2.95. The van der Waals surface area contributed by atoms with E-state index in [-0.39, 0.29) is 18.1 Å². The van der Waals surface area contributed by atoms with Crippen LogP contribution in [0.25, 0.3) is 0 Å². The van der Waals surface area contributed by atoms with Crippen molar-refractivity contribution in [1.29, 1.82) is 0 Å². The van der Waals surface area contributed by atoms with Crippen LogP contribution in [0.15, 0.2) is 12.1 Å². The molecular weight excluding hydrogens is 262 g/mol. The Balaban J connectivity index is 2.33. The summed E-state index contributed by atoms with van der Waals surface area (Å²) in [6.45, 7) is 3.93. The standard InChI is InChI=1S/C12H17N5O3/c1-2-13-10-6-9(17(19)20)7-11(15-10)16-5-3-4-14-12(18)8-16/h6-7H,2-5,8H2,1H3,(H,13,15)(H,14,18). The van der Waals surface area contributed by atoms with Crippen molar-refractivity contribution in [2.75, 3.05) is 36.4 Å². The summed E-state index contributed by atoms with van der Waals surface area (Å²) in [7, 11) is 0. The highest BCUT2D eigenvalue weighted by Gasteiger charge is 2.19. The first-order valence-electron chi connectivity index (χ1n) is 6.52. The van der Waals surface area contributed by atoms with E-state index in [1.807, 2.05) is 6.92 Å². The van der Waals surface area contributed by atoms with Gasteiger partial charge in [0.25, 0.3) is 5.69 Å². The van der Waals surface area contributed by atoms with E-state index in [0.29, 0.717) is 31.3 Å². The highest BCUT2D eigenvalue weighted by Crippen LogP contribution is 2.23. The lowest BCUT2D eigenvalue weighted by molar-refractivity contribution is -0.384. The van der Waals surface area contributed by atoms with Gasteiger partial charge in [-0.05, 0) is 13.3 Å². The monoisotopic (exact) mass is 279 g/mol. The fraction of sp³-hybridized carbons (Fsp3) is 0.500. The molecule has 0 spiro atoms. The van der Waals surface area contributed by atoms with Gasteiger partial charge in [-0.3, -0.25) is 14.9 Å². The Bertz CT molecular complexity index is 520. The lowest BCUT2D eigenvalue weighted by Crippen LogP contribution is -2.33. The number of nitrogens with one attached hydrogen (secondary N) is 2. The molecule has 1 saturated heterocycles. The summed E-state index contributed by atoms with van der Waals surface area (Å²) in [6, 6.07) is 2.80. The Morgan fingerprint density at radius 2 is 2.35 bits per heavy atom. The van der Waals surface area contributed by atoms with Crippen molar-refractivity contribution in [2.24, 2.45) is 0 Å². The second-order valence-corrected chi connectivity index (χ2v) is 4.48. The lowest BCUT2D eigenvalue weighted by atomic mass is 10.3. The minimum absolute atomic E-state index is 0.0318. The molecule has 0 radical (unpaired) electrons. The third kappa shape index (κ3) is 3.34. The summed E-state index contributed by atoms with van der Waals surface area (Å²) in [6.07, 6.45) is 0.784. The number of amides is 1. The van der Waals surface area contributed by atoms with E-state index >= 15 is 0 Å². The first kappa shape index (κ1) is 14.0. The molecule has 0 aromatic carbocycles. The maximum Gasteiger partial charge on any atom is 0.276 e. The Kier molecular flexibility index (Phi) is 4.34. The maximum absolute atomic E-state index is 11.6. The zero-order valence-corrected chi connectivity index (χ0v) is 11.3. The van der Waals surface area contributed by atoms with Crippen LogP contribution in [0.1, 0.15) is 13.3 Å². The number of pyridine rings is 1. The summed E-state index contributed by atoms with van der Waals surface area (Å²) in [4.78, 5) is 28.2. The van der Waals surface area contributed by atoms with Gasteiger partial charge in [0.2, 0.25) is 5.91 Å². The minimum Gasteiger partial charge on any atom is -0.370 e. The maximum atomic E-state index is 11.6. The van der Waals surface area contributed by atoms with Gasteiger partial charge in [-0.1, -0.05) is 0 Å². The van der Waals surface area contributed by atoms with Gasteiger partial charge in [0.05, 0.1) is 23.6 Å². The van der Waals surface area contributed by atoms with E-state index in [0.717, 1.165) is 6.42 Å². The molecule has 2 rings (SSSR count). The number of carbonyl (C=O) groups excluding carboxylic acids is 1. The summed E-state index contributed by atoms with van der Waals surface area (Å²) in [5.74, 6) is 0.800. The van der Waals surface area contributed by atoms with E-state index in [1.165, 1.54) is 12.1 Å². The molecule has 8 heteroatoms. The van der Waals surface area contributed by atoms with E-state index < -0.39 is 4.92 Å². The minimum atomic E-state index is -0.454. The molecule has 2 N–H and O–H groups in total.